The zero-order valence-electron chi connectivity index (χ0n) is 20.9. The molecule has 11 heteroatoms. The lowest BCUT2D eigenvalue weighted by molar-refractivity contribution is -0.130. The number of aromatic nitrogens is 2. The number of ether oxygens (including phenoxy) is 1. The zero-order valence-corrected chi connectivity index (χ0v) is 22.6. The van der Waals surface area contributed by atoms with Gasteiger partial charge >= 0.3 is 0 Å². The molecule has 0 saturated heterocycles. The fourth-order valence-corrected chi connectivity index (χ4v) is 3.40. The van der Waals surface area contributed by atoms with Crippen molar-refractivity contribution in [1.29, 1.82) is 0 Å². The summed E-state index contributed by atoms with van der Waals surface area (Å²) in [6.45, 7) is 4.81. The Labute approximate surface area is 229 Å². The number of ketones is 1. The van der Waals surface area contributed by atoms with Gasteiger partial charge in [0.1, 0.15) is 12.1 Å². The Morgan fingerprint density at radius 3 is 2.19 bits per heavy atom. The topological polar surface area (TPSA) is 128 Å². The lowest BCUT2D eigenvalue weighted by Gasteiger charge is -2.23. The van der Waals surface area contributed by atoms with Gasteiger partial charge < -0.3 is 25.7 Å². The number of hydrogen-bond acceptors (Lipinski definition) is 6. The predicted octanol–water partition coefficient (Wildman–Crippen LogP) is 3.28. The molecule has 2 aromatic carbocycles. The molecule has 0 radical (unpaired) electrons. The van der Waals surface area contributed by atoms with Crippen LogP contribution in [0.3, 0.4) is 0 Å². The van der Waals surface area contributed by atoms with Crippen molar-refractivity contribution in [3.63, 3.8) is 0 Å². The number of nitrogens with two attached hydrogens (primary N) is 1. The van der Waals surface area contributed by atoms with Crippen LogP contribution in [0.5, 0.6) is 0 Å². The molecule has 3 aromatic rings. The summed E-state index contributed by atoms with van der Waals surface area (Å²) >= 11 is 0. The molecule has 3 rings (SSSR count). The first kappa shape index (κ1) is 31.8. The van der Waals surface area contributed by atoms with Crippen LogP contribution in [0, 0.1) is 0 Å². The third kappa shape index (κ3) is 9.29. The highest BCUT2D eigenvalue weighted by Crippen LogP contribution is 2.21. The van der Waals surface area contributed by atoms with E-state index in [9.17, 15) is 14.4 Å². The van der Waals surface area contributed by atoms with Gasteiger partial charge in [-0.3, -0.25) is 14.4 Å². The molecule has 1 unspecified atom stereocenters. The van der Waals surface area contributed by atoms with Crippen molar-refractivity contribution in [2.24, 2.45) is 5.73 Å². The Morgan fingerprint density at radius 2 is 1.62 bits per heavy atom. The van der Waals surface area contributed by atoms with Gasteiger partial charge in [0.05, 0.1) is 25.1 Å². The van der Waals surface area contributed by atoms with Crippen LogP contribution in [0.4, 0.5) is 5.82 Å². The molecule has 0 aliphatic carbocycles. The number of Topliss-reactive ketones (excluding diaryl/α,β-unsaturated/α-hetero) is 1. The number of carbonyl (C=O) groups excluding carboxylic acids is 3. The average molecular weight is 550 g/mol. The monoisotopic (exact) mass is 549 g/mol. The number of benzene rings is 2. The molecule has 9 nitrogen and oxygen atoms in total. The van der Waals surface area contributed by atoms with Crippen molar-refractivity contribution in [2.75, 3.05) is 11.9 Å². The van der Waals surface area contributed by atoms with Gasteiger partial charge in [-0.15, -0.1) is 24.8 Å². The predicted molar refractivity (Wildman–Crippen MR) is 147 cm³/mol. The van der Waals surface area contributed by atoms with Crippen molar-refractivity contribution >= 4 is 48.2 Å². The van der Waals surface area contributed by atoms with E-state index in [-0.39, 0.29) is 49.6 Å². The minimum Gasteiger partial charge on any atom is -0.374 e. The van der Waals surface area contributed by atoms with Gasteiger partial charge in [-0.1, -0.05) is 60.7 Å². The van der Waals surface area contributed by atoms with E-state index in [1.807, 2.05) is 60.7 Å². The van der Waals surface area contributed by atoms with E-state index in [0.29, 0.717) is 0 Å². The molecular formula is C26H33Cl2N5O4. The second-order valence-corrected chi connectivity index (χ2v) is 8.87. The Bertz CT molecular complexity index is 1150. The van der Waals surface area contributed by atoms with E-state index < -0.39 is 29.4 Å². The molecule has 0 bridgehead atoms. The molecule has 2 amide bonds. The molecule has 4 N–H and O–H groups in total. The second-order valence-electron chi connectivity index (χ2n) is 8.87. The number of imidazole rings is 1. The Hall–Kier alpha value is -3.24. The molecule has 0 aliphatic rings. The van der Waals surface area contributed by atoms with Crippen molar-refractivity contribution in [1.82, 2.24) is 14.9 Å². The average Bonchev–Trinajstić information content (AvgIpc) is 3.26. The third-order valence-electron chi connectivity index (χ3n) is 5.25. The van der Waals surface area contributed by atoms with E-state index in [0.717, 1.165) is 11.1 Å². The third-order valence-corrected chi connectivity index (χ3v) is 5.25. The molecule has 1 heterocycles. The number of hydrogen-bond donors (Lipinski definition) is 3. The van der Waals surface area contributed by atoms with Crippen molar-refractivity contribution < 1.29 is 19.1 Å². The smallest absolute Gasteiger partial charge is 0.250 e. The Balaban J connectivity index is 0.00000342. The Morgan fingerprint density at radius 1 is 1.03 bits per heavy atom. The highest BCUT2D eigenvalue weighted by atomic mass is 35.5. The summed E-state index contributed by atoms with van der Waals surface area (Å²) in [6, 6.07) is 17.2. The summed E-state index contributed by atoms with van der Waals surface area (Å²) in [6.07, 6.45) is 3.06. The van der Waals surface area contributed by atoms with Gasteiger partial charge in [-0.2, -0.15) is 0 Å². The number of carbonyl (C=O) groups is 3. The van der Waals surface area contributed by atoms with Gasteiger partial charge in [-0.25, -0.2) is 4.98 Å². The van der Waals surface area contributed by atoms with Crippen LogP contribution in [0.25, 0.3) is 0 Å². The summed E-state index contributed by atoms with van der Waals surface area (Å²) < 4.78 is 7.34. The van der Waals surface area contributed by atoms with Gasteiger partial charge in [0.25, 0.3) is 5.91 Å². The standard InChI is InChI=1S/C26H31N5O4.2ClH/c1-18(32)23(20-12-8-5-9-13-20)31-14-22(28-17-31)30-24(33)21(29-25(34)26(2,3)27)16-35-15-19-10-6-4-7-11-19;;/h4-14,17,21,23H,15-16,27H2,1-3H3,(H,29,34)(H,30,33);2*1H/t21-,23?;;/m1../s1. The number of rotatable bonds is 11. The van der Waals surface area contributed by atoms with Crippen molar-refractivity contribution in [3.8, 4) is 0 Å². The minimum absolute atomic E-state index is 0. The maximum Gasteiger partial charge on any atom is 0.250 e. The first-order valence-electron chi connectivity index (χ1n) is 11.3. The summed E-state index contributed by atoms with van der Waals surface area (Å²) in [4.78, 5) is 42.0. The fourth-order valence-electron chi connectivity index (χ4n) is 3.40. The van der Waals surface area contributed by atoms with Crippen molar-refractivity contribution in [2.45, 2.75) is 45.0 Å². The normalized spacial score (nSPS) is 12.3. The minimum atomic E-state index is -1.18. The van der Waals surface area contributed by atoms with E-state index in [1.54, 1.807) is 24.6 Å². The van der Waals surface area contributed by atoms with Crippen LogP contribution in [0.1, 0.15) is 37.9 Å². The SMILES string of the molecule is CC(=O)C(c1ccccc1)n1cnc(NC(=O)[C@@H](COCc2ccccc2)NC(=O)C(C)(C)N)c1.Cl.Cl. The second kappa shape index (κ2) is 14.5. The fraction of sp³-hybridized carbons (Fsp3) is 0.308. The summed E-state index contributed by atoms with van der Waals surface area (Å²) in [7, 11) is 0. The molecule has 0 fully saturated rings. The maximum atomic E-state index is 13.0. The van der Waals surface area contributed by atoms with Gasteiger partial charge in [0, 0.05) is 6.20 Å². The zero-order chi connectivity index (χ0) is 25.4. The van der Waals surface area contributed by atoms with Crippen LogP contribution in [-0.4, -0.2) is 45.3 Å². The number of nitrogens with one attached hydrogen (secondary N) is 2. The number of nitrogens with zero attached hydrogens (tertiary/aromatic N) is 2. The van der Waals surface area contributed by atoms with Gasteiger partial charge in [0.15, 0.2) is 11.6 Å². The number of amides is 2. The van der Waals surface area contributed by atoms with E-state index in [1.165, 1.54) is 13.3 Å². The Kier molecular flexibility index (Phi) is 12.4. The largest absolute Gasteiger partial charge is 0.374 e. The molecule has 0 aliphatic heterocycles. The first-order chi connectivity index (χ1) is 16.6. The summed E-state index contributed by atoms with van der Waals surface area (Å²) in [5.74, 6) is -0.838. The molecule has 1 aromatic heterocycles. The van der Waals surface area contributed by atoms with E-state index in [2.05, 4.69) is 15.6 Å². The van der Waals surface area contributed by atoms with Crippen LogP contribution >= 0.6 is 24.8 Å². The number of halogens is 2. The molecular weight excluding hydrogens is 517 g/mol. The van der Waals surface area contributed by atoms with E-state index >= 15 is 0 Å². The van der Waals surface area contributed by atoms with Gasteiger partial charge in [0.2, 0.25) is 5.91 Å². The van der Waals surface area contributed by atoms with Gasteiger partial charge in [-0.05, 0) is 31.9 Å². The maximum absolute atomic E-state index is 13.0. The summed E-state index contributed by atoms with van der Waals surface area (Å²) in [5.41, 5.74) is 6.45. The van der Waals surface area contributed by atoms with Crippen LogP contribution in [0.15, 0.2) is 73.2 Å². The van der Waals surface area contributed by atoms with Crippen molar-refractivity contribution in [3.05, 3.63) is 84.3 Å². The highest BCUT2D eigenvalue weighted by molar-refractivity contribution is 5.98. The van der Waals surface area contributed by atoms with Crippen LogP contribution in [0.2, 0.25) is 0 Å². The number of anilines is 1. The lowest BCUT2D eigenvalue weighted by atomic mass is 10.0. The lowest BCUT2D eigenvalue weighted by Crippen LogP contribution is -2.56. The molecule has 200 valence electrons. The van der Waals surface area contributed by atoms with E-state index in [4.69, 9.17) is 10.5 Å². The molecule has 0 saturated carbocycles. The quantitative estimate of drug-likeness (QED) is 0.336. The van der Waals surface area contributed by atoms with Crippen LogP contribution < -0.4 is 16.4 Å². The molecule has 2 atom stereocenters. The summed E-state index contributed by atoms with van der Waals surface area (Å²) in [5, 5.41) is 5.34. The van der Waals surface area contributed by atoms with Crippen LogP contribution in [-0.2, 0) is 25.7 Å². The first-order valence-corrected chi connectivity index (χ1v) is 11.3. The highest BCUT2D eigenvalue weighted by Gasteiger charge is 2.29. The molecule has 37 heavy (non-hydrogen) atoms. The molecule has 0 spiro atoms.